The number of rotatable bonds is 5. The molecule has 120 valence electrons. The minimum atomic E-state index is -0.557. The van der Waals surface area contributed by atoms with Gasteiger partial charge < -0.3 is 10.1 Å². The Morgan fingerprint density at radius 2 is 1.91 bits per heavy atom. The first-order valence-electron chi connectivity index (χ1n) is 6.81. The molecule has 1 amide bonds. The smallest absolute Gasteiger partial charge is 0.270 e. The molecule has 2 aromatic rings. The monoisotopic (exact) mass is 334 g/mol. The molecule has 0 aliphatic rings. The highest BCUT2D eigenvalue weighted by Gasteiger charge is 2.19. The Labute approximate surface area is 138 Å². The first-order valence-corrected chi connectivity index (χ1v) is 7.19. The van der Waals surface area contributed by atoms with Crippen LogP contribution >= 0.6 is 11.6 Å². The number of halogens is 1. The van der Waals surface area contributed by atoms with Crippen molar-refractivity contribution >= 4 is 23.2 Å². The zero-order valence-corrected chi connectivity index (χ0v) is 13.3. The van der Waals surface area contributed by atoms with Crippen molar-refractivity contribution in [3.63, 3.8) is 0 Å². The number of nitro benzene ring substituents is 1. The number of nitrogens with one attached hydrogen (secondary N) is 1. The lowest BCUT2D eigenvalue weighted by Crippen LogP contribution is -2.27. The molecule has 2 aromatic carbocycles. The van der Waals surface area contributed by atoms with Crippen LogP contribution in [0.1, 0.15) is 28.9 Å². The van der Waals surface area contributed by atoms with Crippen molar-refractivity contribution in [3.8, 4) is 5.75 Å². The van der Waals surface area contributed by atoms with Crippen LogP contribution in [0.2, 0.25) is 5.02 Å². The molecule has 7 heteroatoms. The van der Waals surface area contributed by atoms with Gasteiger partial charge in [-0.25, -0.2) is 0 Å². The molecular formula is C16H15ClN2O4. The summed E-state index contributed by atoms with van der Waals surface area (Å²) in [5.74, 6) is -0.176. The topological polar surface area (TPSA) is 81.5 Å². The maximum absolute atomic E-state index is 12.4. The number of amides is 1. The Morgan fingerprint density at radius 1 is 1.26 bits per heavy atom. The van der Waals surface area contributed by atoms with E-state index < -0.39 is 10.8 Å². The average molecular weight is 335 g/mol. The van der Waals surface area contributed by atoms with Gasteiger partial charge in [0.2, 0.25) is 0 Å². The number of nitrogens with zero attached hydrogens (tertiary/aromatic N) is 1. The van der Waals surface area contributed by atoms with Crippen molar-refractivity contribution in [1.82, 2.24) is 5.32 Å². The summed E-state index contributed by atoms with van der Waals surface area (Å²) in [6, 6.07) is 10.7. The second kappa shape index (κ2) is 7.11. The average Bonchev–Trinajstić information content (AvgIpc) is 2.54. The molecule has 0 saturated carbocycles. The normalized spacial score (nSPS) is 11.6. The summed E-state index contributed by atoms with van der Waals surface area (Å²) in [6.07, 6.45) is 0. The van der Waals surface area contributed by atoms with Crippen molar-refractivity contribution in [2.24, 2.45) is 0 Å². The van der Waals surface area contributed by atoms with Crippen molar-refractivity contribution in [2.45, 2.75) is 13.0 Å². The molecule has 1 unspecified atom stereocenters. The molecule has 0 spiro atoms. The van der Waals surface area contributed by atoms with E-state index in [0.29, 0.717) is 5.02 Å². The third kappa shape index (κ3) is 3.98. The van der Waals surface area contributed by atoms with Crippen LogP contribution in [0.15, 0.2) is 42.5 Å². The van der Waals surface area contributed by atoms with Crippen LogP contribution < -0.4 is 10.1 Å². The summed E-state index contributed by atoms with van der Waals surface area (Å²) in [5, 5.41) is 14.3. The lowest BCUT2D eigenvalue weighted by Gasteiger charge is -2.15. The van der Waals surface area contributed by atoms with Crippen LogP contribution in [-0.4, -0.2) is 17.9 Å². The maximum Gasteiger partial charge on any atom is 0.270 e. The van der Waals surface area contributed by atoms with Crippen LogP contribution in [0.3, 0.4) is 0 Å². The molecule has 23 heavy (non-hydrogen) atoms. The van der Waals surface area contributed by atoms with Gasteiger partial charge in [-0.1, -0.05) is 23.7 Å². The maximum atomic E-state index is 12.4. The minimum absolute atomic E-state index is 0.113. The summed E-state index contributed by atoms with van der Waals surface area (Å²) in [6.45, 7) is 1.81. The number of carbonyl (C=O) groups is 1. The van der Waals surface area contributed by atoms with Gasteiger partial charge in [0.1, 0.15) is 5.75 Å². The van der Waals surface area contributed by atoms with Gasteiger partial charge in [0.05, 0.1) is 23.6 Å². The van der Waals surface area contributed by atoms with Gasteiger partial charge in [-0.2, -0.15) is 0 Å². The van der Waals surface area contributed by atoms with Crippen molar-refractivity contribution in [1.29, 1.82) is 0 Å². The predicted octanol–water partition coefficient (Wildman–Crippen LogP) is 3.75. The minimum Gasteiger partial charge on any atom is -0.496 e. The number of hydrogen-bond acceptors (Lipinski definition) is 4. The molecule has 1 atom stereocenters. The third-order valence-electron chi connectivity index (χ3n) is 3.36. The highest BCUT2D eigenvalue weighted by Crippen LogP contribution is 2.25. The Balaban J connectivity index is 2.24. The highest BCUT2D eigenvalue weighted by molar-refractivity contribution is 6.30. The summed E-state index contributed by atoms with van der Waals surface area (Å²) >= 11 is 5.84. The van der Waals surface area contributed by atoms with E-state index in [1.165, 1.54) is 25.3 Å². The standard InChI is InChI=1S/C16H15ClN2O4/c1-10(11-3-5-12(17)6-4-11)18-16(20)14-9-13(19(21)22)7-8-15(14)23-2/h3-10H,1-2H3,(H,18,20). The largest absolute Gasteiger partial charge is 0.496 e. The van der Waals surface area contributed by atoms with Gasteiger partial charge in [0.15, 0.2) is 0 Å². The van der Waals surface area contributed by atoms with Crippen LogP contribution in [0.4, 0.5) is 5.69 Å². The summed E-state index contributed by atoms with van der Waals surface area (Å²) in [5.41, 5.74) is 0.810. The van der Waals surface area contributed by atoms with Crippen LogP contribution in [0, 0.1) is 10.1 Å². The fourth-order valence-electron chi connectivity index (χ4n) is 2.10. The summed E-state index contributed by atoms with van der Waals surface area (Å²) < 4.78 is 5.10. The Kier molecular flexibility index (Phi) is 5.18. The quantitative estimate of drug-likeness (QED) is 0.667. The number of benzene rings is 2. The van der Waals surface area contributed by atoms with Gasteiger partial charge in [-0.3, -0.25) is 14.9 Å². The van der Waals surface area contributed by atoms with E-state index in [1.807, 2.05) is 6.92 Å². The van der Waals surface area contributed by atoms with Gasteiger partial charge in [-0.05, 0) is 30.7 Å². The molecule has 0 saturated heterocycles. The fourth-order valence-corrected chi connectivity index (χ4v) is 2.22. The first kappa shape index (κ1) is 16.8. The number of nitro groups is 1. The van der Waals surface area contributed by atoms with Gasteiger partial charge in [0, 0.05) is 17.2 Å². The molecule has 0 aliphatic heterocycles. The predicted molar refractivity (Wildman–Crippen MR) is 87.0 cm³/mol. The first-order chi connectivity index (χ1) is 10.9. The number of methoxy groups -OCH3 is 1. The number of non-ortho nitro benzene ring substituents is 1. The summed E-state index contributed by atoms with van der Waals surface area (Å²) in [7, 11) is 1.40. The lowest BCUT2D eigenvalue weighted by molar-refractivity contribution is -0.384. The highest BCUT2D eigenvalue weighted by atomic mass is 35.5. The SMILES string of the molecule is COc1ccc([N+](=O)[O-])cc1C(=O)NC(C)c1ccc(Cl)cc1. The Morgan fingerprint density at radius 3 is 2.48 bits per heavy atom. The van der Waals surface area contributed by atoms with Crippen molar-refractivity contribution in [2.75, 3.05) is 7.11 Å². The molecule has 0 heterocycles. The zero-order chi connectivity index (χ0) is 17.0. The van der Waals surface area contributed by atoms with E-state index in [1.54, 1.807) is 24.3 Å². The molecule has 0 radical (unpaired) electrons. The molecule has 0 aromatic heterocycles. The van der Waals surface area contributed by atoms with Crippen LogP contribution in [0.5, 0.6) is 5.75 Å². The summed E-state index contributed by atoms with van der Waals surface area (Å²) in [4.78, 5) is 22.7. The zero-order valence-electron chi connectivity index (χ0n) is 12.6. The third-order valence-corrected chi connectivity index (χ3v) is 3.61. The van der Waals surface area contributed by atoms with Crippen molar-refractivity contribution < 1.29 is 14.5 Å². The number of ether oxygens (including phenoxy) is 1. The van der Waals surface area contributed by atoms with E-state index in [2.05, 4.69) is 5.32 Å². The van der Waals surface area contributed by atoms with E-state index >= 15 is 0 Å². The number of carbonyl (C=O) groups excluding carboxylic acids is 1. The van der Waals surface area contributed by atoms with Gasteiger partial charge in [0.25, 0.3) is 11.6 Å². The van der Waals surface area contributed by atoms with E-state index in [4.69, 9.17) is 16.3 Å². The van der Waals surface area contributed by atoms with Crippen molar-refractivity contribution in [3.05, 3.63) is 68.7 Å². The van der Waals surface area contributed by atoms with Gasteiger partial charge in [-0.15, -0.1) is 0 Å². The second-order valence-electron chi connectivity index (χ2n) is 4.89. The lowest BCUT2D eigenvalue weighted by atomic mass is 10.1. The van der Waals surface area contributed by atoms with Crippen LogP contribution in [-0.2, 0) is 0 Å². The van der Waals surface area contributed by atoms with E-state index in [-0.39, 0.29) is 23.0 Å². The van der Waals surface area contributed by atoms with Gasteiger partial charge >= 0.3 is 0 Å². The molecule has 0 bridgehead atoms. The second-order valence-corrected chi connectivity index (χ2v) is 5.32. The molecule has 0 aliphatic carbocycles. The molecular weight excluding hydrogens is 320 g/mol. The molecule has 1 N–H and O–H groups in total. The van der Waals surface area contributed by atoms with E-state index in [0.717, 1.165) is 5.56 Å². The number of hydrogen-bond donors (Lipinski definition) is 1. The Bertz CT molecular complexity index is 731. The van der Waals surface area contributed by atoms with Crippen LogP contribution in [0.25, 0.3) is 0 Å². The Hall–Kier alpha value is -2.60. The molecule has 2 rings (SSSR count). The molecule has 6 nitrogen and oxygen atoms in total. The molecule has 0 fully saturated rings. The fraction of sp³-hybridized carbons (Fsp3) is 0.188. The van der Waals surface area contributed by atoms with E-state index in [9.17, 15) is 14.9 Å².